The van der Waals surface area contributed by atoms with E-state index in [4.69, 9.17) is 4.74 Å². The summed E-state index contributed by atoms with van der Waals surface area (Å²) in [5.74, 6) is 0. The SMILES string of the molecule is Cc1ccc(S(=O)(=O)C2CC2(C=O)NC(=O)OC(C)(C)C)cc1. The lowest BCUT2D eigenvalue weighted by molar-refractivity contribution is -0.110. The molecule has 0 aromatic heterocycles. The smallest absolute Gasteiger partial charge is 0.408 e. The van der Waals surface area contributed by atoms with Crippen molar-refractivity contribution in [1.29, 1.82) is 0 Å². The molecule has 0 radical (unpaired) electrons. The normalized spacial score (nSPS) is 23.9. The van der Waals surface area contributed by atoms with E-state index in [1.54, 1.807) is 32.9 Å². The van der Waals surface area contributed by atoms with E-state index in [2.05, 4.69) is 5.32 Å². The Morgan fingerprint density at radius 1 is 1.30 bits per heavy atom. The Kier molecular flexibility index (Phi) is 4.28. The Labute approximate surface area is 136 Å². The van der Waals surface area contributed by atoms with Crippen molar-refractivity contribution < 1.29 is 22.7 Å². The number of rotatable bonds is 4. The standard InChI is InChI=1S/C16H21NO5S/c1-11-5-7-12(8-6-11)23(20,21)13-9-16(13,10-18)17-14(19)22-15(2,3)4/h5-8,10,13H,9H2,1-4H3,(H,17,19). The van der Waals surface area contributed by atoms with Crippen molar-refractivity contribution in [3.05, 3.63) is 29.8 Å². The number of carbonyl (C=O) groups excluding carboxylic acids is 2. The molecule has 6 nitrogen and oxygen atoms in total. The predicted molar refractivity (Wildman–Crippen MR) is 84.9 cm³/mol. The highest BCUT2D eigenvalue weighted by atomic mass is 32.2. The number of nitrogens with one attached hydrogen (secondary N) is 1. The number of aldehydes is 1. The molecule has 0 heterocycles. The number of sulfone groups is 1. The van der Waals surface area contributed by atoms with Gasteiger partial charge in [0.1, 0.15) is 17.4 Å². The summed E-state index contributed by atoms with van der Waals surface area (Å²) in [7, 11) is -3.69. The molecular weight excluding hydrogens is 318 g/mol. The minimum Gasteiger partial charge on any atom is -0.444 e. The minimum absolute atomic E-state index is 0.0476. The number of ether oxygens (including phenoxy) is 1. The Hall–Kier alpha value is -1.89. The zero-order chi connectivity index (χ0) is 17.5. The largest absolute Gasteiger partial charge is 0.444 e. The highest BCUT2D eigenvalue weighted by Crippen LogP contribution is 2.43. The Bertz CT molecular complexity index is 718. The Morgan fingerprint density at radius 3 is 2.35 bits per heavy atom. The fourth-order valence-corrected chi connectivity index (χ4v) is 4.31. The molecule has 1 aromatic rings. The third-order valence-corrected chi connectivity index (χ3v) is 5.87. The molecule has 1 N–H and O–H groups in total. The second-order valence-electron chi connectivity index (χ2n) is 6.84. The van der Waals surface area contributed by atoms with Crippen LogP contribution in [0.4, 0.5) is 4.79 Å². The highest BCUT2D eigenvalue weighted by molar-refractivity contribution is 7.92. The topological polar surface area (TPSA) is 89.5 Å². The third-order valence-electron chi connectivity index (χ3n) is 3.61. The van der Waals surface area contributed by atoms with E-state index in [0.717, 1.165) is 5.56 Å². The molecule has 2 unspecified atom stereocenters. The molecule has 1 fully saturated rings. The number of hydrogen-bond donors (Lipinski definition) is 1. The Morgan fingerprint density at radius 2 is 1.87 bits per heavy atom. The summed E-state index contributed by atoms with van der Waals surface area (Å²) in [5.41, 5.74) is -1.20. The van der Waals surface area contributed by atoms with Gasteiger partial charge in [-0.1, -0.05) is 17.7 Å². The maximum absolute atomic E-state index is 12.6. The van der Waals surface area contributed by atoms with Crippen molar-refractivity contribution in [2.24, 2.45) is 0 Å². The van der Waals surface area contributed by atoms with E-state index >= 15 is 0 Å². The van der Waals surface area contributed by atoms with Gasteiger partial charge in [0.05, 0.1) is 10.1 Å². The fourth-order valence-electron chi connectivity index (χ4n) is 2.31. The lowest BCUT2D eigenvalue weighted by Crippen LogP contribution is -2.45. The first-order chi connectivity index (χ1) is 10.5. The van der Waals surface area contributed by atoms with Gasteiger partial charge in [0.25, 0.3) is 0 Å². The molecule has 2 rings (SSSR count). The molecule has 7 heteroatoms. The number of benzene rings is 1. The van der Waals surface area contributed by atoms with Gasteiger partial charge >= 0.3 is 6.09 Å². The Balaban J connectivity index is 2.18. The molecule has 1 amide bonds. The quantitative estimate of drug-likeness (QED) is 0.848. The van der Waals surface area contributed by atoms with Crippen LogP contribution in [0.1, 0.15) is 32.8 Å². The fraction of sp³-hybridized carbons (Fsp3) is 0.500. The van der Waals surface area contributed by atoms with Crippen molar-refractivity contribution in [2.45, 2.75) is 55.4 Å². The van der Waals surface area contributed by atoms with Gasteiger partial charge in [-0.2, -0.15) is 0 Å². The summed E-state index contributed by atoms with van der Waals surface area (Å²) < 4.78 is 30.3. The van der Waals surface area contributed by atoms with Crippen LogP contribution in [0, 0.1) is 6.92 Å². The van der Waals surface area contributed by atoms with Crippen LogP contribution in [0.2, 0.25) is 0 Å². The number of aryl methyl sites for hydroxylation is 1. The molecule has 0 spiro atoms. The van der Waals surface area contributed by atoms with E-state index in [0.29, 0.717) is 6.29 Å². The van der Waals surface area contributed by atoms with Crippen LogP contribution < -0.4 is 5.32 Å². The second-order valence-corrected chi connectivity index (χ2v) is 8.97. The van der Waals surface area contributed by atoms with Gasteiger partial charge < -0.3 is 14.8 Å². The van der Waals surface area contributed by atoms with Gasteiger partial charge in [0.2, 0.25) is 0 Å². The maximum atomic E-state index is 12.6. The van der Waals surface area contributed by atoms with Crippen LogP contribution in [0.25, 0.3) is 0 Å². The number of carbonyl (C=O) groups is 2. The van der Waals surface area contributed by atoms with Crippen LogP contribution >= 0.6 is 0 Å². The summed E-state index contributed by atoms with van der Waals surface area (Å²) in [4.78, 5) is 23.4. The average Bonchev–Trinajstić information content (AvgIpc) is 3.12. The van der Waals surface area contributed by atoms with E-state index in [1.807, 2.05) is 6.92 Å². The number of amides is 1. The summed E-state index contributed by atoms with van der Waals surface area (Å²) in [6, 6.07) is 6.40. The molecule has 0 saturated heterocycles. The van der Waals surface area contributed by atoms with Gasteiger partial charge in [-0.25, -0.2) is 13.2 Å². The summed E-state index contributed by atoms with van der Waals surface area (Å²) in [6.45, 7) is 6.92. The van der Waals surface area contributed by atoms with Gasteiger partial charge in [0, 0.05) is 0 Å². The van der Waals surface area contributed by atoms with Crippen LogP contribution in [-0.4, -0.2) is 37.2 Å². The molecule has 1 aliphatic carbocycles. The number of alkyl carbamates (subject to hydrolysis) is 1. The first-order valence-electron chi connectivity index (χ1n) is 7.28. The third kappa shape index (κ3) is 3.72. The minimum atomic E-state index is -3.69. The van der Waals surface area contributed by atoms with E-state index < -0.39 is 32.3 Å². The van der Waals surface area contributed by atoms with Crippen molar-refractivity contribution in [3.63, 3.8) is 0 Å². The molecule has 126 valence electrons. The van der Waals surface area contributed by atoms with E-state index in [9.17, 15) is 18.0 Å². The van der Waals surface area contributed by atoms with Crippen LogP contribution in [-0.2, 0) is 19.4 Å². The molecule has 0 bridgehead atoms. The van der Waals surface area contributed by atoms with Crippen LogP contribution in [0.15, 0.2) is 29.2 Å². The van der Waals surface area contributed by atoms with Gasteiger partial charge in [-0.05, 0) is 46.2 Å². The lowest BCUT2D eigenvalue weighted by atomic mass is 10.2. The van der Waals surface area contributed by atoms with E-state index in [1.165, 1.54) is 12.1 Å². The molecular formula is C16H21NO5S. The predicted octanol–water partition coefficient (Wildman–Crippen LogP) is 2.00. The summed E-state index contributed by atoms with van der Waals surface area (Å²) >= 11 is 0. The maximum Gasteiger partial charge on any atom is 0.408 e. The van der Waals surface area contributed by atoms with Gasteiger partial charge in [0.15, 0.2) is 9.84 Å². The highest BCUT2D eigenvalue weighted by Gasteiger charge is 2.63. The van der Waals surface area contributed by atoms with Crippen molar-refractivity contribution >= 4 is 22.2 Å². The molecule has 1 aliphatic rings. The average molecular weight is 339 g/mol. The van der Waals surface area contributed by atoms with Gasteiger partial charge in [-0.3, -0.25) is 0 Å². The van der Waals surface area contributed by atoms with Crippen molar-refractivity contribution in [2.75, 3.05) is 0 Å². The van der Waals surface area contributed by atoms with Crippen molar-refractivity contribution in [3.8, 4) is 0 Å². The molecule has 1 aromatic carbocycles. The second kappa shape index (κ2) is 5.63. The summed E-state index contributed by atoms with van der Waals surface area (Å²) in [6.07, 6.45) is -0.273. The molecule has 0 aliphatic heterocycles. The van der Waals surface area contributed by atoms with Crippen LogP contribution in [0.3, 0.4) is 0 Å². The first-order valence-corrected chi connectivity index (χ1v) is 8.83. The lowest BCUT2D eigenvalue weighted by Gasteiger charge is -2.21. The molecule has 1 saturated carbocycles. The number of hydrogen-bond acceptors (Lipinski definition) is 5. The zero-order valence-electron chi connectivity index (χ0n) is 13.6. The zero-order valence-corrected chi connectivity index (χ0v) is 14.4. The van der Waals surface area contributed by atoms with E-state index in [-0.39, 0.29) is 11.3 Å². The molecule has 2 atom stereocenters. The summed E-state index contributed by atoms with van der Waals surface area (Å²) in [5, 5.41) is 1.43. The monoisotopic (exact) mass is 339 g/mol. The first kappa shape index (κ1) is 17.5. The molecule has 23 heavy (non-hydrogen) atoms. The van der Waals surface area contributed by atoms with Crippen molar-refractivity contribution in [1.82, 2.24) is 5.32 Å². The van der Waals surface area contributed by atoms with Gasteiger partial charge in [-0.15, -0.1) is 0 Å². The van der Waals surface area contributed by atoms with Crippen LogP contribution in [0.5, 0.6) is 0 Å².